The first kappa shape index (κ1) is 19.2. The molecule has 4 heteroatoms. The number of ketones is 1. The van der Waals surface area contributed by atoms with Gasteiger partial charge >= 0.3 is 0 Å². The Balaban J connectivity index is 0.000000715. The van der Waals surface area contributed by atoms with E-state index in [1.807, 2.05) is 69.4 Å². The maximum atomic E-state index is 12.1. The first-order chi connectivity index (χ1) is 9.41. The van der Waals surface area contributed by atoms with E-state index in [1.54, 1.807) is 12.1 Å². The molecular formula is C17H23ClN2O. The number of rotatable bonds is 2. The lowest BCUT2D eigenvalue weighted by Crippen LogP contribution is -2.03. The third-order valence-electron chi connectivity index (χ3n) is 2.53. The highest BCUT2D eigenvalue weighted by atomic mass is 35.5. The normalized spacial score (nSPS) is 9.38. The molecule has 0 radical (unpaired) electrons. The molecule has 0 saturated heterocycles. The number of carbonyl (C=O) groups excluding carboxylic acids is 1. The van der Waals surface area contributed by atoms with Crippen molar-refractivity contribution in [3.05, 3.63) is 65.2 Å². The van der Waals surface area contributed by atoms with Gasteiger partial charge in [0.2, 0.25) is 0 Å². The maximum absolute atomic E-state index is 12.1. The van der Waals surface area contributed by atoms with Crippen LogP contribution in [0.4, 0.5) is 5.69 Å². The standard InChI is InChI=1S/C14H13NO.C3H9N.ClH/c1-10-9-12(15)7-8-13(10)14(16)11-5-3-2-4-6-11;1-4(2)3;/h2-9H,15H2,1H3;1-3H3;1H. The van der Waals surface area contributed by atoms with E-state index >= 15 is 0 Å². The summed E-state index contributed by atoms with van der Waals surface area (Å²) in [6, 6.07) is 14.6. The van der Waals surface area contributed by atoms with Gasteiger partial charge < -0.3 is 10.6 Å². The molecule has 0 aromatic heterocycles. The molecule has 2 aromatic carbocycles. The number of hydrogen-bond donors (Lipinski definition) is 1. The van der Waals surface area contributed by atoms with Crippen LogP contribution in [0.2, 0.25) is 0 Å². The fourth-order valence-electron chi connectivity index (χ4n) is 1.69. The van der Waals surface area contributed by atoms with Crippen molar-refractivity contribution in [3.8, 4) is 0 Å². The molecule has 3 nitrogen and oxygen atoms in total. The summed E-state index contributed by atoms with van der Waals surface area (Å²) in [5.74, 6) is 0.0399. The van der Waals surface area contributed by atoms with Crippen LogP contribution in [0, 0.1) is 6.92 Å². The van der Waals surface area contributed by atoms with E-state index in [4.69, 9.17) is 5.73 Å². The zero-order valence-electron chi connectivity index (χ0n) is 13.0. The molecular weight excluding hydrogens is 284 g/mol. The van der Waals surface area contributed by atoms with Gasteiger partial charge in [0.1, 0.15) is 0 Å². The summed E-state index contributed by atoms with van der Waals surface area (Å²) < 4.78 is 0. The van der Waals surface area contributed by atoms with Crippen LogP contribution in [-0.2, 0) is 0 Å². The Hall–Kier alpha value is -1.84. The van der Waals surface area contributed by atoms with E-state index in [0.717, 1.165) is 5.56 Å². The molecule has 0 unspecified atom stereocenters. The van der Waals surface area contributed by atoms with Gasteiger partial charge in [-0.1, -0.05) is 30.3 Å². The van der Waals surface area contributed by atoms with Crippen LogP contribution >= 0.6 is 12.4 Å². The average molecular weight is 307 g/mol. The minimum absolute atomic E-state index is 0. The van der Waals surface area contributed by atoms with Crippen LogP contribution < -0.4 is 5.73 Å². The predicted octanol–water partition coefficient (Wildman–Crippen LogP) is 3.41. The lowest BCUT2D eigenvalue weighted by molar-refractivity contribution is 0.103. The van der Waals surface area contributed by atoms with Gasteiger partial charge in [-0.3, -0.25) is 4.79 Å². The number of nitrogen functional groups attached to an aromatic ring is 1. The number of nitrogens with two attached hydrogens (primary N) is 1. The molecule has 0 bridgehead atoms. The van der Waals surface area contributed by atoms with Crippen molar-refractivity contribution in [2.75, 3.05) is 26.9 Å². The number of benzene rings is 2. The summed E-state index contributed by atoms with van der Waals surface area (Å²) in [7, 11) is 6.00. The molecule has 2 aromatic rings. The van der Waals surface area contributed by atoms with Gasteiger partial charge in [-0.05, 0) is 51.8 Å². The van der Waals surface area contributed by atoms with Crippen LogP contribution in [-0.4, -0.2) is 31.8 Å². The molecule has 0 fully saturated rings. The van der Waals surface area contributed by atoms with Crippen molar-refractivity contribution < 1.29 is 4.79 Å². The molecule has 0 aliphatic rings. The van der Waals surface area contributed by atoms with Gasteiger partial charge in [-0.2, -0.15) is 0 Å². The molecule has 0 aliphatic heterocycles. The molecule has 2 N–H and O–H groups in total. The van der Waals surface area contributed by atoms with Crippen molar-refractivity contribution in [2.45, 2.75) is 6.92 Å². The zero-order chi connectivity index (χ0) is 15.1. The Morgan fingerprint density at radius 3 is 2.00 bits per heavy atom. The van der Waals surface area contributed by atoms with Crippen LogP contribution in [0.3, 0.4) is 0 Å². The van der Waals surface area contributed by atoms with Crippen molar-refractivity contribution >= 4 is 23.9 Å². The van der Waals surface area contributed by atoms with E-state index in [1.165, 1.54) is 0 Å². The van der Waals surface area contributed by atoms with Gasteiger partial charge in [0, 0.05) is 16.8 Å². The van der Waals surface area contributed by atoms with Crippen molar-refractivity contribution in [2.24, 2.45) is 0 Å². The lowest BCUT2D eigenvalue weighted by Gasteiger charge is -2.05. The van der Waals surface area contributed by atoms with Crippen molar-refractivity contribution in [3.63, 3.8) is 0 Å². The number of aryl methyl sites for hydroxylation is 1. The summed E-state index contributed by atoms with van der Waals surface area (Å²) in [5.41, 5.74) is 8.66. The molecule has 0 amide bonds. The third kappa shape index (κ3) is 6.43. The third-order valence-corrected chi connectivity index (χ3v) is 2.53. The van der Waals surface area contributed by atoms with E-state index in [0.29, 0.717) is 16.8 Å². The van der Waals surface area contributed by atoms with Crippen LogP contribution in [0.5, 0.6) is 0 Å². The van der Waals surface area contributed by atoms with E-state index in [2.05, 4.69) is 0 Å². The fraction of sp³-hybridized carbons (Fsp3) is 0.235. The fourth-order valence-corrected chi connectivity index (χ4v) is 1.69. The topological polar surface area (TPSA) is 46.3 Å². The van der Waals surface area contributed by atoms with Gasteiger partial charge in [-0.25, -0.2) is 0 Å². The molecule has 0 spiro atoms. The van der Waals surface area contributed by atoms with E-state index in [-0.39, 0.29) is 18.2 Å². The molecule has 0 aliphatic carbocycles. The molecule has 0 saturated carbocycles. The Morgan fingerprint density at radius 2 is 1.52 bits per heavy atom. The SMILES string of the molecule is CN(C)C.Cc1cc(N)ccc1C(=O)c1ccccc1.Cl. The summed E-state index contributed by atoms with van der Waals surface area (Å²) >= 11 is 0. The van der Waals surface area contributed by atoms with Crippen LogP contribution in [0.25, 0.3) is 0 Å². The predicted molar refractivity (Wildman–Crippen MR) is 92.3 cm³/mol. The number of hydrogen-bond acceptors (Lipinski definition) is 3. The largest absolute Gasteiger partial charge is 0.399 e. The smallest absolute Gasteiger partial charge is 0.193 e. The number of nitrogens with zero attached hydrogens (tertiary/aromatic N) is 1. The molecule has 0 atom stereocenters. The van der Waals surface area contributed by atoms with Gasteiger partial charge in [-0.15, -0.1) is 12.4 Å². The molecule has 114 valence electrons. The van der Waals surface area contributed by atoms with Gasteiger partial charge in [0.15, 0.2) is 5.78 Å². The minimum atomic E-state index is 0. The van der Waals surface area contributed by atoms with E-state index in [9.17, 15) is 4.79 Å². The number of carbonyl (C=O) groups is 1. The Morgan fingerprint density at radius 1 is 1.00 bits per heavy atom. The second-order valence-corrected chi connectivity index (χ2v) is 5.11. The summed E-state index contributed by atoms with van der Waals surface area (Å²) in [5, 5.41) is 0. The molecule has 21 heavy (non-hydrogen) atoms. The van der Waals surface area contributed by atoms with Crippen molar-refractivity contribution in [1.82, 2.24) is 4.90 Å². The molecule has 0 heterocycles. The summed E-state index contributed by atoms with van der Waals surface area (Å²) in [6.45, 7) is 1.90. The van der Waals surface area contributed by atoms with Crippen molar-refractivity contribution in [1.29, 1.82) is 0 Å². The Bertz CT molecular complexity index is 566. The number of anilines is 1. The summed E-state index contributed by atoms with van der Waals surface area (Å²) in [4.78, 5) is 14.1. The highest BCUT2D eigenvalue weighted by Crippen LogP contribution is 2.16. The average Bonchev–Trinajstić information content (AvgIpc) is 2.38. The lowest BCUT2D eigenvalue weighted by atomic mass is 9.99. The quantitative estimate of drug-likeness (QED) is 0.683. The second kappa shape index (κ2) is 9.16. The van der Waals surface area contributed by atoms with Gasteiger partial charge in [0.05, 0.1) is 0 Å². The number of halogens is 1. The van der Waals surface area contributed by atoms with Crippen LogP contribution in [0.1, 0.15) is 21.5 Å². The highest BCUT2D eigenvalue weighted by molar-refractivity contribution is 6.10. The second-order valence-electron chi connectivity index (χ2n) is 5.11. The summed E-state index contributed by atoms with van der Waals surface area (Å²) in [6.07, 6.45) is 0. The maximum Gasteiger partial charge on any atom is 0.193 e. The van der Waals surface area contributed by atoms with Crippen LogP contribution in [0.15, 0.2) is 48.5 Å². The highest BCUT2D eigenvalue weighted by Gasteiger charge is 2.10. The zero-order valence-corrected chi connectivity index (χ0v) is 13.8. The van der Waals surface area contributed by atoms with Gasteiger partial charge in [0.25, 0.3) is 0 Å². The first-order valence-electron chi connectivity index (χ1n) is 6.48. The van der Waals surface area contributed by atoms with E-state index < -0.39 is 0 Å². The Kier molecular flexibility index (Phi) is 8.36. The monoisotopic (exact) mass is 306 g/mol. The Labute approximate surface area is 133 Å². The molecule has 2 rings (SSSR count). The minimum Gasteiger partial charge on any atom is -0.399 e. The first-order valence-corrected chi connectivity index (χ1v) is 6.48.